The fraction of sp³-hybridized carbons (Fsp3) is 0.0714. The number of benzene rings is 2. The van der Waals surface area contributed by atoms with Gasteiger partial charge in [0.2, 0.25) is 0 Å². The van der Waals surface area contributed by atoms with Crippen molar-refractivity contribution in [1.29, 1.82) is 0 Å². The van der Waals surface area contributed by atoms with E-state index >= 15 is 0 Å². The molecule has 0 aliphatic rings. The summed E-state index contributed by atoms with van der Waals surface area (Å²) in [5, 5.41) is 2.93. The van der Waals surface area contributed by atoms with Gasteiger partial charge in [-0.05, 0) is 18.2 Å². The third-order valence-corrected chi connectivity index (χ3v) is 3.21. The zero-order chi connectivity index (χ0) is 18.9. The molecule has 25 heavy (non-hydrogen) atoms. The molecule has 0 aliphatic carbocycles. The number of carbonyl (C=O) groups is 1. The highest BCUT2D eigenvalue weighted by Gasteiger charge is 2.33. The highest BCUT2D eigenvalue weighted by Crippen LogP contribution is 2.36. The minimum atomic E-state index is -4.79. The molecule has 2 aromatic carbocycles. The van der Waals surface area contributed by atoms with E-state index < -0.39 is 51.7 Å². The van der Waals surface area contributed by atoms with Gasteiger partial charge in [0.05, 0.1) is 16.3 Å². The number of urea groups is 1. The Labute approximate surface area is 140 Å². The molecule has 2 aromatic rings. The summed E-state index contributed by atoms with van der Waals surface area (Å²) in [5.74, 6) is -7.86. The second-order valence-corrected chi connectivity index (χ2v) is 5.03. The predicted octanol–water partition coefficient (Wildman–Crippen LogP) is 5.56. The van der Waals surface area contributed by atoms with E-state index in [1.165, 1.54) is 0 Å². The SMILES string of the molecule is O=C(Nc1ccc(Cl)c(C(F)(F)F)c1)Nc1cc(F)c(F)c(F)c1F. The number of hydrogen-bond acceptors (Lipinski definition) is 1. The van der Waals surface area contributed by atoms with E-state index in [-0.39, 0.29) is 11.8 Å². The van der Waals surface area contributed by atoms with Gasteiger partial charge in [0.1, 0.15) is 0 Å². The second-order valence-electron chi connectivity index (χ2n) is 4.62. The maximum Gasteiger partial charge on any atom is 0.417 e. The molecule has 134 valence electrons. The monoisotopic (exact) mass is 386 g/mol. The summed E-state index contributed by atoms with van der Waals surface area (Å²) >= 11 is 5.40. The first-order valence-electron chi connectivity index (χ1n) is 6.28. The van der Waals surface area contributed by atoms with Crippen LogP contribution in [0.4, 0.5) is 46.9 Å². The lowest BCUT2D eigenvalue weighted by molar-refractivity contribution is -0.137. The number of anilines is 2. The lowest BCUT2D eigenvalue weighted by Gasteiger charge is -2.13. The zero-order valence-corrected chi connectivity index (χ0v) is 12.5. The lowest BCUT2D eigenvalue weighted by Crippen LogP contribution is -2.21. The first kappa shape index (κ1) is 18.8. The van der Waals surface area contributed by atoms with Crippen LogP contribution in [-0.4, -0.2) is 6.03 Å². The van der Waals surface area contributed by atoms with E-state index in [0.29, 0.717) is 6.07 Å². The predicted molar refractivity (Wildman–Crippen MR) is 75.4 cm³/mol. The fourth-order valence-electron chi connectivity index (χ4n) is 1.77. The van der Waals surface area contributed by atoms with Gasteiger partial charge in [-0.1, -0.05) is 11.6 Å². The van der Waals surface area contributed by atoms with Crippen LogP contribution in [0.3, 0.4) is 0 Å². The molecule has 2 amide bonds. The van der Waals surface area contributed by atoms with E-state index in [0.717, 1.165) is 12.1 Å². The molecular weight excluding hydrogens is 381 g/mol. The van der Waals surface area contributed by atoms with Crippen LogP contribution >= 0.6 is 11.6 Å². The zero-order valence-electron chi connectivity index (χ0n) is 11.7. The molecule has 0 bridgehead atoms. The highest BCUT2D eigenvalue weighted by molar-refractivity contribution is 6.31. The smallest absolute Gasteiger partial charge is 0.308 e. The van der Waals surface area contributed by atoms with Gasteiger partial charge in [0, 0.05) is 11.8 Å². The van der Waals surface area contributed by atoms with E-state index in [1.807, 2.05) is 5.32 Å². The van der Waals surface area contributed by atoms with Crippen molar-refractivity contribution in [2.75, 3.05) is 10.6 Å². The van der Waals surface area contributed by atoms with Crippen molar-refractivity contribution in [3.8, 4) is 0 Å². The van der Waals surface area contributed by atoms with Crippen molar-refractivity contribution < 1.29 is 35.5 Å². The Balaban J connectivity index is 2.22. The topological polar surface area (TPSA) is 41.1 Å². The Morgan fingerprint density at radius 1 is 0.920 bits per heavy atom. The highest BCUT2D eigenvalue weighted by atomic mass is 35.5. The molecule has 0 spiro atoms. The van der Waals surface area contributed by atoms with Crippen LogP contribution in [-0.2, 0) is 6.18 Å². The summed E-state index contributed by atoms with van der Waals surface area (Å²) < 4.78 is 90.5. The van der Waals surface area contributed by atoms with Crippen molar-refractivity contribution in [3.05, 3.63) is 58.1 Å². The van der Waals surface area contributed by atoms with Gasteiger partial charge in [-0.3, -0.25) is 0 Å². The maximum absolute atomic E-state index is 13.4. The number of alkyl halides is 3. The Kier molecular flexibility index (Phi) is 5.12. The van der Waals surface area contributed by atoms with Gasteiger partial charge in [0.25, 0.3) is 0 Å². The Bertz CT molecular complexity index is 839. The lowest BCUT2D eigenvalue weighted by atomic mass is 10.2. The van der Waals surface area contributed by atoms with E-state index in [1.54, 1.807) is 5.32 Å². The first-order valence-corrected chi connectivity index (χ1v) is 6.66. The molecule has 0 saturated heterocycles. The summed E-state index contributed by atoms with van der Waals surface area (Å²) in [4.78, 5) is 11.6. The number of carbonyl (C=O) groups excluding carboxylic acids is 1. The second kappa shape index (κ2) is 6.79. The van der Waals surface area contributed by atoms with E-state index in [2.05, 4.69) is 0 Å². The molecule has 0 fully saturated rings. The number of nitrogens with one attached hydrogen (secondary N) is 2. The molecule has 11 heteroatoms. The van der Waals surface area contributed by atoms with Crippen LogP contribution in [0.5, 0.6) is 0 Å². The average Bonchev–Trinajstić information content (AvgIpc) is 2.51. The third kappa shape index (κ3) is 4.13. The molecular formula is C14H6ClF7N2O. The van der Waals surface area contributed by atoms with Crippen LogP contribution in [0.15, 0.2) is 24.3 Å². The minimum absolute atomic E-state index is 0.177. The van der Waals surface area contributed by atoms with Gasteiger partial charge in [0.15, 0.2) is 23.3 Å². The van der Waals surface area contributed by atoms with Crippen molar-refractivity contribution in [2.24, 2.45) is 0 Å². The van der Waals surface area contributed by atoms with Gasteiger partial charge in [-0.2, -0.15) is 13.2 Å². The third-order valence-electron chi connectivity index (χ3n) is 2.88. The van der Waals surface area contributed by atoms with Gasteiger partial charge >= 0.3 is 12.2 Å². The fourth-order valence-corrected chi connectivity index (χ4v) is 1.99. The summed E-state index contributed by atoms with van der Waals surface area (Å²) in [6.45, 7) is 0. The molecule has 0 aliphatic heterocycles. The largest absolute Gasteiger partial charge is 0.417 e. The number of rotatable bonds is 2. The molecule has 2 rings (SSSR count). The van der Waals surface area contributed by atoms with E-state index in [4.69, 9.17) is 11.6 Å². The van der Waals surface area contributed by atoms with Crippen molar-refractivity contribution in [2.45, 2.75) is 6.18 Å². The van der Waals surface area contributed by atoms with Crippen LogP contribution in [0, 0.1) is 23.3 Å². The Hall–Kier alpha value is -2.49. The summed E-state index contributed by atoms with van der Waals surface area (Å²) in [5.41, 5.74) is -2.66. The molecule has 0 unspecified atom stereocenters. The maximum atomic E-state index is 13.4. The van der Waals surface area contributed by atoms with E-state index in [9.17, 15) is 35.5 Å². The first-order chi connectivity index (χ1) is 11.5. The van der Waals surface area contributed by atoms with Crippen LogP contribution < -0.4 is 10.6 Å². The van der Waals surface area contributed by atoms with Gasteiger partial charge in [-0.25, -0.2) is 22.4 Å². The molecule has 2 N–H and O–H groups in total. The number of halogens is 8. The van der Waals surface area contributed by atoms with Crippen molar-refractivity contribution in [3.63, 3.8) is 0 Å². The summed E-state index contributed by atoms with van der Waals surface area (Å²) in [7, 11) is 0. The van der Waals surface area contributed by atoms with Crippen LogP contribution in [0.1, 0.15) is 5.56 Å². The van der Waals surface area contributed by atoms with Crippen LogP contribution in [0.2, 0.25) is 5.02 Å². The quantitative estimate of drug-likeness (QED) is 0.396. The molecule has 0 saturated carbocycles. The molecule has 0 radical (unpaired) electrons. The molecule has 0 heterocycles. The summed E-state index contributed by atoms with van der Waals surface area (Å²) in [6.07, 6.45) is -4.79. The normalized spacial score (nSPS) is 11.4. The molecule has 0 atom stereocenters. The average molecular weight is 387 g/mol. The summed E-state index contributed by atoms with van der Waals surface area (Å²) in [6, 6.07) is 1.23. The van der Waals surface area contributed by atoms with Gasteiger partial charge < -0.3 is 10.6 Å². The molecule has 0 aromatic heterocycles. The number of hydrogen-bond donors (Lipinski definition) is 2. The molecule has 3 nitrogen and oxygen atoms in total. The Morgan fingerprint density at radius 2 is 1.56 bits per heavy atom. The van der Waals surface area contributed by atoms with Crippen LogP contribution in [0.25, 0.3) is 0 Å². The standard InChI is InChI=1S/C14H6ClF7N2O/c15-7-2-1-5(3-6(7)14(20,21)22)23-13(25)24-9-4-8(16)10(17)12(19)11(9)18/h1-4H,(H2,23,24,25). The van der Waals surface area contributed by atoms with Crippen molar-refractivity contribution >= 4 is 29.0 Å². The number of amides is 2. The minimum Gasteiger partial charge on any atom is -0.308 e. The van der Waals surface area contributed by atoms with Gasteiger partial charge in [-0.15, -0.1) is 0 Å². The van der Waals surface area contributed by atoms with Crippen molar-refractivity contribution in [1.82, 2.24) is 0 Å². The Morgan fingerprint density at radius 3 is 2.16 bits per heavy atom.